The van der Waals surface area contributed by atoms with Crippen LogP contribution in [0.15, 0.2) is 36.4 Å². The highest BCUT2D eigenvalue weighted by molar-refractivity contribution is 6.05. The number of anilines is 2. The van der Waals surface area contributed by atoms with Crippen LogP contribution >= 0.6 is 0 Å². The van der Waals surface area contributed by atoms with Crippen LogP contribution in [0.25, 0.3) is 0 Å². The Labute approximate surface area is 209 Å². The number of nitrogens with zero attached hydrogens (tertiary/aromatic N) is 2. The molecule has 1 aliphatic rings. The van der Waals surface area contributed by atoms with Crippen LogP contribution in [0, 0.1) is 6.92 Å². The number of halogens is 3. The average molecular weight is 507 g/mol. The van der Waals surface area contributed by atoms with Gasteiger partial charge >= 0.3 is 12.3 Å². The molecule has 1 aliphatic heterocycles. The highest BCUT2D eigenvalue weighted by Crippen LogP contribution is 2.34. The van der Waals surface area contributed by atoms with E-state index in [1.807, 2.05) is 11.9 Å². The Kier molecular flexibility index (Phi) is 8.30. The number of nitrogens with one attached hydrogen (secondary N) is 2. The molecular weight excluding hydrogens is 473 g/mol. The number of carbonyl (C=O) groups is 2. The Morgan fingerprint density at radius 3 is 2.25 bits per heavy atom. The van der Waals surface area contributed by atoms with Gasteiger partial charge < -0.3 is 15.0 Å². The molecule has 0 radical (unpaired) electrons. The molecule has 0 bridgehead atoms. The molecule has 2 aromatic rings. The minimum absolute atomic E-state index is 0.102. The van der Waals surface area contributed by atoms with Crippen LogP contribution in [0.5, 0.6) is 0 Å². The van der Waals surface area contributed by atoms with Gasteiger partial charge in [-0.25, -0.2) is 4.79 Å². The van der Waals surface area contributed by atoms with Gasteiger partial charge in [0.05, 0.1) is 5.56 Å². The number of aryl methyl sites for hydroxylation is 1. The number of benzene rings is 2. The summed E-state index contributed by atoms with van der Waals surface area (Å²) in [6, 6.07) is 8.55. The molecule has 7 nitrogen and oxygen atoms in total. The van der Waals surface area contributed by atoms with Crippen LogP contribution < -0.4 is 10.6 Å². The lowest BCUT2D eigenvalue weighted by Crippen LogP contribution is -2.44. The molecule has 0 spiro atoms. The van der Waals surface area contributed by atoms with Crippen LogP contribution in [0.2, 0.25) is 0 Å². The third kappa shape index (κ3) is 7.69. The van der Waals surface area contributed by atoms with Gasteiger partial charge in [0, 0.05) is 49.7 Å². The summed E-state index contributed by atoms with van der Waals surface area (Å²) in [6.07, 6.45) is -5.25. The molecule has 10 heteroatoms. The predicted molar refractivity (Wildman–Crippen MR) is 133 cm³/mol. The molecule has 0 unspecified atom stereocenters. The molecule has 2 amide bonds. The standard InChI is InChI=1S/C26H33F3N4O3/c1-17-6-9-20(30-24(35)36-25(2,3)4)15-22(17)31-23(34)18-7-8-19(21(14-18)26(27,28)29)16-33-12-10-32(5)11-13-33/h6-9,14-15H,10-13,16H2,1-5H3,(H,30,35)(H,31,34). The maximum Gasteiger partial charge on any atom is 0.416 e. The van der Waals surface area contributed by atoms with E-state index in [1.165, 1.54) is 18.2 Å². The van der Waals surface area contributed by atoms with Crippen LogP contribution in [0.3, 0.4) is 0 Å². The number of alkyl halides is 3. The first-order chi connectivity index (χ1) is 16.7. The summed E-state index contributed by atoms with van der Waals surface area (Å²) >= 11 is 0. The van der Waals surface area contributed by atoms with Gasteiger partial charge in [0.1, 0.15) is 5.60 Å². The van der Waals surface area contributed by atoms with E-state index in [0.29, 0.717) is 30.0 Å². The van der Waals surface area contributed by atoms with Crippen molar-refractivity contribution in [2.75, 3.05) is 43.9 Å². The van der Waals surface area contributed by atoms with Gasteiger partial charge in [-0.3, -0.25) is 15.0 Å². The summed E-state index contributed by atoms with van der Waals surface area (Å²) < 4.78 is 46.9. The molecule has 1 fully saturated rings. The Hall–Kier alpha value is -3.11. The Morgan fingerprint density at radius 1 is 0.972 bits per heavy atom. The van der Waals surface area contributed by atoms with Gasteiger partial charge in [0.15, 0.2) is 0 Å². The topological polar surface area (TPSA) is 73.9 Å². The van der Waals surface area contributed by atoms with Crippen LogP contribution in [0.1, 0.15) is 47.8 Å². The second kappa shape index (κ2) is 10.9. The Balaban J connectivity index is 1.77. The van der Waals surface area contributed by atoms with Crippen molar-refractivity contribution < 1.29 is 27.5 Å². The molecular formula is C26H33F3N4O3. The smallest absolute Gasteiger partial charge is 0.416 e. The van der Waals surface area contributed by atoms with E-state index in [0.717, 1.165) is 19.2 Å². The lowest BCUT2D eigenvalue weighted by Gasteiger charge is -2.33. The SMILES string of the molecule is Cc1ccc(NC(=O)OC(C)(C)C)cc1NC(=O)c1ccc(CN2CCN(C)CC2)c(C(F)(F)F)c1. The van der Waals surface area contributed by atoms with Gasteiger partial charge in [-0.1, -0.05) is 12.1 Å². The minimum atomic E-state index is -4.59. The number of carbonyl (C=O) groups excluding carboxylic acids is 2. The zero-order valence-corrected chi connectivity index (χ0v) is 21.3. The zero-order valence-electron chi connectivity index (χ0n) is 21.3. The molecule has 0 aromatic heterocycles. The fourth-order valence-electron chi connectivity index (χ4n) is 3.82. The minimum Gasteiger partial charge on any atom is -0.444 e. The van der Waals surface area contributed by atoms with Crippen molar-refractivity contribution in [3.05, 3.63) is 58.7 Å². The van der Waals surface area contributed by atoms with E-state index in [4.69, 9.17) is 4.74 Å². The Morgan fingerprint density at radius 2 is 1.64 bits per heavy atom. The molecule has 0 atom stereocenters. The number of hydrogen-bond acceptors (Lipinski definition) is 5. The molecule has 0 saturated carbocycles. The maximum absolute atomic E-state index is 13.9. The van der Waals surface area contributed by atoms with Gasteiger partial charge in [0.25, 0.3) is 5.91 Å². The third-order valence-corrected chi connectivity index (χ3v) is 5.80. The van der Waals surface area contributed by atoms with E-state index in [-0.39, 0.29) is 17.7 Å². The van der Waals surface area contributed by atoms with Gasteiger partial charge in [-0.15, -0.1) is 0 Å². The van der Waals surface area contributed by atoms with Gasteiger partial charge in [-0.2, -0.15) is 13.2 Å². The second-order valence-electron chi connectivity index (χ2n) is 10.1. The number of rotatable bonds is 5. The molecule has 1 heterocycles. The Bertz CT molecular complexity index is 1100. The van der Waals surface area contributed by atoms with Crippen molar-refractivity contribution in [2.24, 2.45) is 0 Å². The first-order valence-corrected chi connectivity index (χ1v) is 11.7. The summed E-state index contributed by atoms with van der Waals surface area (Å²) in [4.78, 5) is 29.1. The zero-order chi connectivity index (χ0) is 26.7. The average Bonchev–Trinajstić information content (AvgIpc) is 2.75. The van der Waals surface area contributed by atoms with Gasteiger partial charge in [0.2, 0.25) is 0 Å². The monoisotopic (exact) mass is 506 g/mol. The maximum atomic E-state index is 13.9. The summed E-state index contributed by atoms with van der Waals surface area (Å²) in [5.74, 6) is -0.677. The number of amides is 2. The summed E-state index contributed by atoms with van der Waals surface area (Å²) in [5.41, 5.74) is -0.0321. The van der Waals surface area contributed by atoms with E-state index < -0.39 is 29.3 Å². The highest BCUT2D eigenvalue weighted by atomic mass is 19.4. The quantitative estimate of drug-likeness (QED) is 0.571. The molecule has 36 heavy (non-hydrogen) atoms. The third-order valence-electron chi connectivity index (χ3n) is 5.80. The number of ether oxygens (including phenoxy) is 1. The predicted octanol–water partition coefficient (Wildman–Crippen LogP) is 5.36. The fraction of sp³-hybridized carbons (Fsp3) is 0.462. The first-order valence-electron chi connectivity index (χ1n) is 11.7. The normalized spacial score (nSPS) is 15.4. The first kappa shape index (κ1) is 27.5. The van der Waals surface area contributed by atoms with Crippen molar-refractivity contribution in [3.8, 4) is 0 Å². The molecule has 1 saturated heterocycles. The number of likely N-dealkylation sites (N-methyl/N-ethyl adjacent to an activating group) is 1. The number of piperazine rings is 1. The fourth-order valence-corrected chi connectivity index (χ4v) is 3.82. The number of hydrogen-bond donors (Lipinski definition) is 2. The second-order valence-corrected chi connectivity index (χ2v) is 10.1. The van der Waals surface area contributed by atoms with Crippen molar-refractivity contribution >= 4 is 23.4 Å². The summed E-state index contributed by atoms with van der Waals surface area (Å²) in [6.45, 7) is 10.1. The van der Waals surface area contributed by atoms with Crippen LogP contribution in [-0.2, 0) is 17.5 Å². The molecule has 2 N–H and O–H groups in total. The van der Waals surface area contributed by atoms with Crippen molar-refractivity contribution in [1.82, 2.24) is 9.80 Å². The lowest BCUT2D eigenvalue weighted by atomic mass is 10.0. The summed E-state index contributed by atoms with van der Waals surface area (Å²) in [7, 11) is 1.98. The summed E-state index contributed by atoms with van der Waals surface area (Å²) in [5, 5.41) is 5.25. The van der Waals surface area contributed by atoms with Crippen molar-refractivity contribution in [3.63, 3.8) is 0 Å². The van der Waals surface area contributed by atoms with E-state index in [9.17, 15) is 22.8 Å². The molecule has 3 rings (SSSR count). The van der Waals surface area contributed by atoms with E-state index >= 15 is 0 Å². The molecule has 0 aliphatic carbocycles. The van der Waals surface area contributed by atoms with E-state index in [2.05, 4.69) is 15.5 Å². The molecule has 196 valence electrons. The van der Waals surface area contributed by atoms with Gasteiger partial charge in [-0.05, 0) is 70.1 Å². The largest absolute Gasteiger partial charge is 0.444 e. The lowest BCUT2D eigenvalue weighted by molar-refractivity contribution is -0.138. The highest BCUT2D eigenvalue weighted by Gasteiger charge is 2.34. The van der Waals surface area contributed by atoms with Crippen molar-refractivity contribution in [1.29, 1.82) is 0 Å². The molecule has 2 aromatic carbocycles. The van der Waals surface area contributed by atoms with E-state index in [1.54, 1.807) is 39.8 Å². The van der Waals surface area contributed by atoms with Crippen LogP contribution in [0.4, 0.5) is 29.3 Å². The van der Waals surface area contributed by atoms with Crippen LogP contribution in [-0.4, -0.2) is 60.6 Å². The van der Waals surface area contributed by atoms with Crippen molar-refractivity contribution in [2.45, 2.75) is 46.0 Å².